The van der Waals surface area contributed by atoms with Crippen molar-refractivity contribution in [1.82, 2.24) is 19.1 Å². The van der Waals surface area contributed by atoms with E-state index >= 15 is 0 Å². The highest BCUT2D eigenvalue weighted by molar-refractivity contribution is 7.99. The van der Waals surface area contributed by atoms with Crippen LogP contribution in [0, 0.1) is 0 Å². The van der Waals surface area contributed by atoms with Gasteiger partial charge in [0.05, 0.1) is 17.8 Å². The fourth-order valence-corrected chi connectivity index (χ4v) is 5.46. The summed E-state index contributed by atoms with van der Waals surface area (Å²) in [6.45, 7) is 2.66. The molecule has 11 nitrogen and oxygen atoms in total. The first-order chi connectivity index (χ1) is 14.7. The molecule has 1 aromatic heterocycles. The molecule has 1 aliphatic rings. The molecule has 31 heavy (non-hydrogen) atoms. The maximum Gasteiger partial charge on any atom is 0.316 e. The van der Waals surface area contributed by atoms with Crippen molar-refractivity contribution < 1.29 is 22.7 Å². The lowest BCUT2D eigenvalue weighted by atomic mass is 10.2. The molecular weight excluding hydrogens is 444 g/mol. The Morgan fingerprint density at radius 3 is 2.48 bits per heavy atom. The summed E-state index contributed by atoms with van der Waals surface area (Å²) < 4.78 is 32.7. The number of amides is 1. The number of sulfonamides is 1. The monoisotopic (exact) mass is 468 g/mol. The average Bonchev–Trinajstić information content (AvgIpc) is 3.42. The van der Waals surface area contributed by atoms with E-state index in [1.165, 1.54) is 40.2 Å². The number of nitrogens with two attached hydrogens (primary N) is 1. The Morgan fingerprint density at radius 1 is 1.23 bits per heavy atom. The van der Waals surface area contributed by atoms with E-state index in [4.69, 9.17) is 5.73 Å². The lowest BCUT2D eigenvalue weighted by Gasteiger charge is -2.17. The number of hydrogen-bond donors (Lipinski definition) is 2. The van der Waals surface area contributed by atoms with Crippen LogP contribution in [0.2, 0.25) is 0 Å². The molecule has 168 valence electrons. The third-order valence-electron chi connectivity index (χ3n) is 4.83. The van der Waals surface area contributed by atoms with Gasteiger partial charge in [0.15, 0.2) is 5.16 Å². The van der Waals surface area contributed by atoms with Gasteiger partial charge in [0, 0.05) is 18.8 Å². The van der Waals surface area contributed by atoms with Crippen LogP contribution in [0.4, 0.5) is 11.6 Å². The van der Waals surface area contributed by atoms with Crippen LogP contribution < -0.4 is 11.1 Å². The summed E-state index contributed by atoms with van der Waals surface area (Å²) in [5.74, 6) is -0.821. The van der Waals surface area contributed by atoms with Gasteiger partial charge >= 0.3 is 5.97 Å². The molecule has 1 unspecified atom stereocenters. The normalized spacial score (nSPS) is 15.5. The Hall–Kier alpha value is -2.64. The largest absolute Gasteiger partial charge is 0.468 e. The minimum atomic E-state index is -3.52. The van der Waals surface area contributed by atoms with Crippen LogP contribution in [0.25, 0.3) is 0 Å². The second-order valence-corrected chi connectivity index (χ2v) is 9.76. The molecular formula is C18H24N6O5S2. The highest BCUT2D eigenvalue weighted by Gasteiger charge is 2.27. The summed E-state index contributed by atoms with van der Waals surface area (Å²) in [7, 11) is -2.24. The minimum absolute atomic E-state index is 0.00404. The van der Waals surface area contributed by atoms with Crippen LogP contribution >= 0.6 is 11.8 Å². The number of esters is 1. The Morgan fingerprint density at radius 2 is 1.87 bits per heavy atom. The smallest absolute Gasteiger partial charge is 0.316 e. The number of nitrogens with zero attached hydrogens (tertiary/aromatic N) is 4. The lowest BCUT2D eigenvalue weighted by molar-refractivity contribution is -0.137. The van der Waals surface area contributed by atoms with Crippen molar-refractivity contribution in [2.75, 3.05) is 37.0 Å². The molecule has 2 heterocycles. The van der Waals surface area contributed by atoms with Crippen molar-refractivity contribution in [3.05, 3.63) is 24.3 Å². The number of ether oxygens (including phenoxy) is 1. The van der Waals surface area contributed by atoms with Gasteiger partial charge in [-0.25, -0.2) is 8.42 Å². The molecule has 0 saturated carbocycles. The molecule has 1 amide bonds. The van der Waals surface area contributed by atoms with Gasteiger partial charge in [-0.2, -0.15) is 4.31 Å². The summed E-state index contributed by atoms with van der Waals surface area (Å²) >= 11 is 1.05. The highest BCUT2D eigenvalue weighted by Crippen LogP contribution is 2.25. The van der Waals surface area contributed by atoms with Gasteiger partial charge in [-0.05, 0) is 44.0 Å². The van der Waals surface area contributed by atoms with E-state index in [2.05, 4.69) is 20.3 Å². The van der Waals surface area contributed by atoms with E-state index in [-0.39, 0.29) is 16.6 Å². The number of nitrogens with one attached hydrogen (secondary N) is 1. The number of carbonyl (C=O) groups excluding carboxylic acids is 2. The molecule has 2 aromatic rings. The molecule has 1 atom stereocenters. The number of carbonyl (C=O) groups is 2. The van der Waals surface area contributed by atoms with E-state index in [1.54, 1.807) is 6.92 Å². The summed E-state index contributed by atoms with van der Waals surface area (Å²) in [5.41, 5.74) is 6.29. The van der Waals surface area contributed by atoms with Gasteiger partial charge < -0.3 is 15.8 Å². The number of rotatable bonds is 8. The fourth-order valence-electron chi connectivity index (χ4n) is 3.08. The molecule has 1 fully saturated rings. The molecule has 1 saturated heterocycles. The number of aromatic nitrogens is 3. The molecule has 0 bridgehead atoms. The van der Waals surface area contributed by atoms with E-state index < -0.39 is 27.9 Å². The van der Waals surface area contributed by atoms with Crippen molar-refractivity contribution in [1.29, 1.82) is 0 Å². The van der Waals surface area contributed by atoms with Crippen LogP contribution in [0.3, 0.4) is 0 Å². The number of nitrogen functional groups attached to an aromatic ring is 1. The van der Waals surface area contributed by atoms with Crippen LogP contribution in [-0.2, 0) is 24.3 Å². The van der Waals surface area contributed by atoms with Gasteiger partial charge in [-0.1, -0.05) is 11.8 Å². The van der Waals surface area contributed by atoms with Gasteiger partial charge in [0.25, 0.3) is 0 Å². The number of thioether (sulfide) groups is 1. The van der Waals surface area contributed by atoms with Gasteiger partial charge in [0.1, 0.15) is 6.04 Å². The maximum atomic E-state index is 12.7. The number of methoxy groups -OCH3 is 1. The predicted octanol–water partition coefficient (Wildman–Crippen LogP) is 1.11. The van der Waals surface area contributed by atoms with Crippen molar-refractivity contribution in [3.63, 3.8) is 0 Å². The van der Waals surface area contributed by atoms with Crippen molar-refractivity contribution in [2.45, 2.75) is 35.9 Å². The minimum Gasteiger partial charge on any atom is -0.468 e. The van der Waals surface area contributed by atoms with E-state index in [9.17, 15) is 18.0 Å². The summed E-state index contributed by atoms with van der Waals surface area (Å²) in [6, 6.07) is 5.24. The zero-order chi connectivity index (χ0) is 22.6. The van der Waals surface area contributed by atoms with E-state index in [0.29, 0.717) is 23.9 Å². The van der Waals surface area contributed by atoms with Crippen LogP contribution in [0.1, 0.15) is 25.8 Å². The molecule has 0 spiro atoms. The summed E-state index contributed by atoms with van der Waals surface area (Å²) in [6.07, 6.45) is 1.72. The maximum absolute atomic E-state index is 12.7. The Bertz CT molecular complexity index is 1050. The fraction of sp³-hybridized carbons (Fsp3) is 0.444. The molecule has 0 radical (unpaired) electrons. The summed E-state index contributed by atoms with van der Waals surface area (Å²) in [5, 5.41) is 10.7. The lowest BCUT2D eigenvalue weighted by Crippen LogP contribution is -2.28. The first-order valence-electron chi connectivity index (χ1n) is 9.55. The van der Waals surface area contributed by atoms with Crippen LogP contribution in [0.5, 0.6) is 0 Å². The molecule has 13 heteroatoms. The molecule has 1 aliphatic heterocycles. The number of benzene rings is 1. The van der Waals surface area contributed by atoms with Crippen molar-refractivity contribution >= 4 is 45.3 Å². The van der Waals surface area contributed by atoms with Crippen molar-refractivity contribution in [2.24, 2.45) is 0 Å². The van der Waals surface area contributed by atoms with Crippen LogP contribution in [0.15, 0.2) is 34.3 Å². The Labute approximate surface area is 184 Å². The summed E-state index contributed by atoms with van der Waals surface area (Å²) in [4.78, 5) is 24.3. The Balaban J connectivity index is 1.69. The zero-order valence-corrected chi connectivity index (χ0v) is 18.8. The molecule has 1 aromatic carbocycles. The first-order valence-corrected chi connectivity index (χ1v) is 12.0. The third kappa shape index (κ3) is 5.17. The van der Waals surface area contributed by atoms with E-state index in [0.717, 1.165) is 24.6 Å². The molecule has 0 aliphatic carbocycles. The van der Waals surface area contributed by atoms with Gasteiger partial charge in [-0.3, -0.25) is 14.2 Å². The zero-order valence-electron chi connectivity index (χ0n) is 17.1. The SMILES string of the molecule is COC(=O)CSc1nnc(N)n1C(C)C(=O)Nc1ccc(S(=O)(=O)N2CCCC2)cc1. The molecule has 3 rings (SSSR count). The number of hydrogen-bond acceptors (Lipinski definition) is 9. The highest BCUT2D eigenvalue weighted by atomic mass is 32.2. The molecule has 3 N–H and O–H groups in total. The standard InChI is InChI=1S/C18H24N6O5S2/c1-12(24-17(19)21-22-18(24)30-11-15(25)29-2)16(26)20-13-5-7-14(8-6-13)31(27,28)23-9-3-4-10-23/h5-8,12H,3-4,9-11H2,1-2H3,(H2,19,21)(H,20,26). The van der Waals surface area contributed by atoms with Crippen molar-refractivity contribution in [3.8, 4) is 0 Å². The third-order valence-corrected chi connectivity index (χ3v) is 7.66. The van der Waals surface area contributed by atoms with E-state index in [1.807, 2.05) is 0 Å². The van der Waals surface area contributed by atoms with Gasteiger partial charge in [-0.15, -0.1) is 10.2 Å². The number of anilines is 2. The second-order valence-electron chi connectivity index (χ2n) is 6.88. The first kappa shape index (κ1) is 23.0. The second kappa shape index (κ2) is 9.66. The Kier molecular flexibility index (Phi) is 7.18. The van der Waals surface area contributed by atoms with Crippen LogP contribution in [-0.4, -0.2) is 65.3 Å². The predicted molar refractivity (Wildman–Crippen MR) is 115 cm³/mol. The topological polar surface area (TPSA) is 150 Å². The average molecular weight is 469 g/mol. The van der Waals surface area contributed by atoms with Gasteiger partial charge in [0.2, 0.25) is 21.9 Å². The quantitative estimate of drug-likeness (QED) is 0.429.